The maximum absolute atomic E-state index is 13.0. The minimum absolute atomic E-state index is 0.0247. The lowest BCUT2D eigenvalue weighted by atomic mass is 9.86. The maximum atomic E-state index is 13.0. The zero-order valence-corrected chi connectivity index (χ0v) is 24.9. The molecule has 41 heavy (non-hydrogen) atoms. The van der Waals surface area contributed by atoms with Crippen LogP contribution < -0.4 is 16.0 Å². The fourth-order valence-electron chi connectivity index (χ4n) is 4.24. The second-order valence-corrected chi connectivity index (χ2v) is 11.9. The number of amides is 2. The van der Waals surface area contributed by atoms with Crippen molar-refractivity contribution in [1.82, 2.24) is 15.3 Å². The second-order valence-electron chi connectivity index (χ2n) is 11.9. The number of carbonyl (C=O) groups is 2. The Bertz CT molecular complexity index is 1540. The molecule has 0 saturated heterocycles. The van der Waals surface area contributed by atoms with E-state index in [0.717, 1.165) is 34.6 Å². The molecule has 0 fully saturated rings. The van der Waals surface area contributed by atoms with E-state index in [-0.39, 0.29) is 22.8 Å². The average molecular weight is 550 g/mol. The standard InChI is InChI=1S/C34H39N5O2/c1-8-34(6,7)39-31(41)24-14-18-26(19-15-24)36-32-35-21-20-29(38-32)27-10-9-11-28(22(27)2)37-30(40)23-12-16-25(17-13-23)33(3,4)5/h9-21H,8H2,1-7H3,(H,37,40)(H,39,41)(H,35,36,38). The van der Waals surface area contributed by atoms with Crippen LogP contribution in [0.25, 0.3) is 11.3 Å². The van der Waals surface area contributed by atoms with E-state index in [2.05, 4.69) is 41.7 Å². The molecule has 4 rings (SSSR count). The van der Waals surface area contributed by atoms with E-state index in [1.807, 2.05) is 88.4 Å². The van der Waals surface area contributed by atoms with Gasteiger partial charge in [-0.3, -0.25) is 9.59 Å². The summed E-state index contributed by atoms with van der Waals surface area (Å²) in [6, 6.07) is 22.6. The Kier molecular flexibility index (Phi) is 8.57. The van der Waals surface area contributed by atoms with E-state index >= 15 is 0 Å². The van der Waals surface area contributed by atoms with Gasteiger partial charge in [0.1, 0.15) is 0 Å². The highest BCUT2D eigenvalue weighted by molar-refractivity contribution is 6.05. The van der Waals surface area contributed by atoms with Crippen LogP contribution in [0.15, 0.2) is 79.0 Å². The Balaban J connectivity index is 1.48. The molecule has 0 aliphatic heterocycles. The molecule has 0 aliphatic carbocycles. The van der Waals surface area contributed by atoms with Gasteiger partial charge in [0.25, 0.3) is 11.8 Å². The molecule has 0 unspecified atom stereocenters. The topological polar surface area (TPSA) is 96.0 Å². The number of hydrogen-bond donors (Lipinski definition) is 3. The molecule has 1 heterocycles. The molecule has 7 heteroatoms. The largest absolute Gasteiger partial charge is 0.347 e. The van der Waals surface area contributed by atoms with Crippen LogP contribution >= 0.6 is 0 Å². The van der Waals surface area contributed by atoms with Crippen molar-refractivity contribution in [3.05, 3.63) is 101 Å². The summed E-state index contributed by atoms with van der Waals surface area (Å²) in [6.07, 6.45) is 2.53. The lowest BCUT2D eigenvalue weighted by molar-refractivity contribution is 0.0910. The van der Waals surface area contributed by atoms with E-state index in [1.165, 1.54) is 5.56 Å². The predicted molar refractivity (Wildman–Crippen MR) is 167 cm³/mol. The first-order valence-electron chi connectivity index (χ1n) is 13.9. The first-order valence-corrected chi connectivity index (χ1v) is 13.9. The molecule has 1 aromatic heterocycles. The quantitative estimate of drug-likeness (QED) is 0.210. The summed E-state index contributed by atoms with van der Waals surface area (Å²) in [5, 5.41) is 9.31. The summed E-state index contributed by atoms with van der Waals surface area (Å²) in [5.41, 5.74) is 6.14. The monoisotopic (exact) mass is 549 g/mol. The number of nitrogens with one attached hydrogen (secondary N) is 3. The minimum atomic E-state index is -0.266. The lowest BCUT2D eigenvalue weighted by Gasteiger charge is -2.24. The molecule has 4 aromatic rings. The lowest BCUT2D eigenvalue weighted by Crippen LogP contribution is -2.42. The van der Waals surface area contributed by atoms with Crippen molar-refractivity contribution in [2.24, 2.45) is 0 Å². The van der Waals surface area contributed by atoms with Crippen molar-refractivity contribution in [3.8, 4) is 11.3 Å². The molecule has 0 bridgehead atoms. The third-order valence-electron chi connectivity index (χ3n) is 7.27. The van der Waals surface area contributed by atoms with Crippen LogP contribution in [-0.2, 0) is 5.41 Å². The molecule has 0 radical (unpaired) electrons. The molecule has 3 N–H and O–H groups in total. The fourth-order valence-corrected chi connectivity index (χ4v) is 4.24. The number of rotatable bonds is 8. The van der Waals surface area contributed by atoms with Crippen molar-refractivity contribution in [3.63, 3.8) is 0 Å². The van der Waals surface area contributed by atoms with Gasteiger partial charge in [0.2, 0.25) is 5.95 Å². The summed E-state index contributed by atoms with van der Waals surface area (Å²) in [5.74, 6) is 0.164. The first-order chi connectivity index (χ1) is 19.4. The van der Waals surface area contributed by atoms with E-state index < -0.39 is 0 Å². The van der Waals surface area contributed by atoms with Gasteiger partial charge in [-0.1, -0.05) is 52.0 Å². The summed E-state index contributed by atoms with van der Waals surface area (Å²) >= 11 is 0. The summed E-state index contributed by atoms with van der Waals surface area (Å²) in [7, 11) is 0. The molecule has 7 nitrogen and oxygen atoms in total. The van der Waals surface area contributed by atoms with E-state index in [4.69, 9.17) is 4.98 Å². The maximum Gasteiger partial charge on any atom is 0.255 e. The number of benzene rings is 3. The minimum Gasteiger partial charge on any atom is -0.347 e. The molecule has 0 aliphatic rings. The Morgan fingerprint density at radius 3 is 2.07 bits per heavy atom. The van der Waals surface area contributed by atoms with Gasteiger partial charge in [-0.25, -0.2) is 9.97 Å². The Hall–Kier alpha value is -4.52. The van der Waals surface area contributed by atoms with Crippen molar-refractivity contribution in [1.29, 1.82) is 0 Å². The molecule has 0 atom stereocenters. The molecule has 3 aromatic carbocycles. The number of carbonyl (C=O) groups excluding carboxylic acids is 2. The first kappa shape index (κ1) is 29.5. The third-order valence-corrected chi connectivity index (χ3v) is 7.27. The van der Waals surface area contributed by atoms with Crippen LogP contribution in [0.1, 0.15) is 79.8 Å². The highest BCUT2D eigenvalue weighted by Gasteiger charge is 2.19. The van der Waals surface area contributed by atoms with Crippen LogP contribution in [0.2, 0.25) is 0 Å². The third kappa shape index (κ3) is 7.37. The molecule has 2 amide bonds. The van der Waals surface area contributed by atoms with Crippen LogP contribution in [0.4, 0.5) is 17.3 Å². The molecular formula is C34H39N5O2. The van der Waals surface area contributed by atoms with Crippen molar-refractivity contribution in [2.45, 2.75) is 65.8 Å². The van der Waals surface area contributed by atoms with Crippen LogP contribution in [0.3, 0.4) is 0 Å². The summed E-state index contributed by atoms with van der Waals surface area (Å²) < 4.78 is 0. The Morgan fingerprint density at radius 2 is 1.44 bits per heavy atom. The van der Waals surface area contributed by atoms with Gasteiger partial charge in [0, 0.05) is 39.8 Å². The van der Waals surface area contributed by atoms with Crippen molar-refractivity contribution < 1.29 is 9.59 Å². The average Bonchev–Trinajstić information content (AvgIpc) is 2.94. The summed E-state index contributed by atoms with van der Waals surface area (Å²) in [6.45, 7) is 14.5. The van der Waals surface area contributed by atoms with Gasteiger partial charge in [-0.2, -0.15) is 0 Å². The van der Waals surface area contributed by atoms with Gasteiger partial charge in [0.15, 0.2) is 0 Å². The van der Waals surface area contributed by atoms with Crippen LogP contribution in [0.5, 0.6) is 0 Å². The zero-order chi connectivity index (χ0) is 29.8. The van der Waals surface area contributed by atoms with Crippen molar-refractivity contribution >= 4 is 29.1 Å². The number of anilines is 3. The van der Waals surface area contributed by atoms with Gasteiger partial charge in [-0.05, 0) is 92.3 Å². The molecule has 212 valence electrons. The SMILES string of the molecule is CCC(C)(C)NC(=O)c1ccc(Nc2nccc(-c3cccc(NC(=O)c4ccc(C(C)(C)C)cc4)c3C)n2)cc1. The molecule has 0 saturated carbocycles. The number of hydrogen-bond acceptors (Lipinski definition) is 5. The molecule has 0 spiro atoms. The van der Waals surface area contributed by atoms with Crippen molar-refractivity contribution in [2.75, 3.05) is 10.6 Å². The van der Waals surface area contributed by atoms with Gasteiger partial charge >= 0.3 is 0 Å². The summed E-state index contributed by atoms with van der Waals surface area (Å²) in [4.78, 5) is 34.7. The Labute approximate surface area is 242 Å². The second kappa shape index (κ2) is 11.9. The normalized spacial score (nSPS) is 11.6. The fraction of sp³-hybridized carbons (Fsp3) is 0.294. The van der Waals surface area contributed by atoms with E-state index in [9.17, 15) is 9.59 Å². The molecular weight excluding hydrogens is 510 g/mol. The van der Waals surface area contributed by atoms with Gasteiger partial charge in [0.05, 0.1) is 5.69 Å². The predicted octanol–water partition coefficient (Wildman–Crippen LogP) is 7.66. The number of nitrogens with zero attached hydrogens (tertiary/aromatic N) is 2. The number of aromatic nitrogens is 2. The van der Waals surface area contributed by atoms with Gasteiger partial charge in [-0.15, -0.1) is 0 Å². The van der Waals surface area contributed by atoms with E-state index in [0.29, 0.717) is 17.1 Å². The highest BCUT2D eigenvalue weighted by atomic mass is 16.2. The Morgan fingerprint density at radius 1 is 0.805 bits per heavy atom. The van der Waals surface area contributed by atoms with E-state index in [1.54, 1.807) is 18.3 Å². The van der Waals surface area contributed by atoms with Crippen LogP contribution in [0, 0.1) is 6.92 Å². The zero-order valence-electron chi connectivity index (χ0n) is 24.9. The smallest absolute Gasteiger partial charge is 0.255 e. The van der Waals surface area contributed by atoms with Crippen LogP contribution in [-0.4, -0.2) is 27.3 Å². The van der Waals surface area contributed by atoms with Gasteiger partial charge < -0.3 is 16.0 Å². The highest BCUT2D eigenvalue weighted by Crippen LogP contribution is 2.29.